The van der Waals surface area contributed by atoms with E-state index in [1.165, 1.54) is 12.1 Å². The van der Waals surface area contributed by atoms with E-state index in [2.05, 4.69) is 9.97 Å². The first-order chi connectivity index (χ1) is 12.6. The summed E-state index contributed by atoms with van der Waals surface area (Å²) in [4.78, 5) is 18.7. The smallest absolute Gasteiger partial charge is 0.221 e. The first-order valence-electron chi connectivity index (χ1n) is 8.21. The number of aromatic amines is 1. The highest BCUT2D eigenvalue weighted by atomic mass is 19.1. The van der Waals surface area contributed by atoms with E-state index in [4.69, 9.17) is 5.73 Å². The van der Waals surface area contributed by atoms with Gasteiger partial charge in [0.05, 0.1) is 6.42 Å². The van der Waals surface area contributed by atoms with Crippen LogP contribution in [0.15, 0.2) is 67.0 Å². The monoisotopic (exact) mass is 345 g/mol. The summed E-state index contributed by atoms with van der Waals surface area (Å²) in [5.74, 6) is -0.629. The molecular formula is C21H16FN3O. The average Bonchev–Trinajstić information content (AvgIpc) is 3.05. The predicted molar refractivity (Wildman–Crippen MR) is 99.8 cm³/mol. The number of pyridine rings is 1. The van der Waals surface area contributed by atoms with Crippen LogP contribution in [0.2, 0.25) is 0 Å². The van der Waals surface area contributed by atoms with Gasteiger partial charge in [0.15, 0.2) is 0 Å². The number of nitrogens with one attached hydrogen (secondary N) is 1. The molecule has 1 amide bonds. The Bertz CT molecular complexity index is 1100. The second-order valence-corrected chi connectivity index (χ2v) is 6.17. The molecule has 0 bridgehead atoms. The third kappa shape index (κ3) is 3.07. The lowest BCUT2D eigenvalue weighted by Crippen LogP contribution is -2.13. The van der Waals surface area contributed by atoms with E-state index in [1.54, 1.807) is 12.3 Å². The van der Waals surface area contributed by atoms with Gasteiger partial charge in [-0.25, -0.2) is 9.37 Å². The molecule has 4 rings (SSSR count). The number of carbonyl (C=O) groups excluding carboxylic acids is 1. The number of nitrogens with two attached hydrogens (primary N) is 1. The van der Waals surface area contributed by atoms with E-state index in [-0.39, 0.29) is 18.1 Å². The van der Waals surface area contributed by atoms with Gasteiger partial charge in [-0.1, -0.05) is 36.4 Å². The van der Waals surface area contributed by atoms with Crippen LogP contribution in [-0.4, -0.2) is 15.9 Å². The van der Waals surface area contributed by atoms with E-state index >= 15 is 0 Å². The predicted octanol–water partition coefficient (Wildman–Crippen LogP) is 4.06. The summed E-state index contributed by atoms with van der Waals surface area (Å²) in [6, 6.07) is 16.1. The third-order valence-electron chi connectivity index (χ3n) is 4.33. The maximum Gasteiger partial charge on any atom is 0.221 e. The van der Waals surface area contributed by atoms with Gasteiger partial charge in [-0.2, -0.15) is 0 Å². The zero-order chi connectivity index (χ0) is 18.1. The standard InChI is InChI=1S/C21H16FN3O/c22-17-3-1-2-15(9-17)16-10-18-19(12-25-21(18)24-11-16)14-6-4-13(5-7-14)8-20(23)26/h1-7,9-12H,8H2,(H2,23,26)(H,24,25). The topological polar surface area (TPSA) is 71.8 Å². The Morgan fingerprint density at radius 2 is 1.85 bits per heavy atom. The molecular weight excluding hydrogens is 329 g/mol. The zero-order valence-corrected chi connectivity index (χ0v) is 13.9. The highest BCUT2D eigenvalue weighted by Crippen LogP contribution is 2.31. The summed E-state index contributed by atoms with van der Waals surface area (Å²) in [5.41, 5.74) is 10.5. The molecule has 5 heteroatoms. The molecule has 0 saturated heterocycles. The second-order valence-electron chi connectivity index (χ2n) is 6.17. The quantitative estimate of drug-likeness (QED) is 0.585. The number of halogens is 1. The molecule has 0 aliphatic heterocycles. The molecule has 0 unspecified atom stereocenters. The Morgan fingerprint density at radius 3 is 2.58 bits per heavy atom. The van der Waals surface area contributed by atoms with Gasteiger partial charge in [-0.15, -0.1) is 0 Å². The van der Waals surface area contributed by atoms with Crippen LogP contribution in [0.5, 0.6) is 0 Å². The van der Waals surface area contributed by atoms with Crippen LogP contribution in [0.4, 0.5) is 4.39 Å². The largest absolute Gasteiger partial charge is 0.369 e. The molecule has 0 aliphatic carbocycles. The van der Waals surface area contributed by atoms with E-state index in [9.17, 15) is 9.18 Å². The van der Waals surface area contributed by atoms with Crippen molar-refractivity contribution in [3.05, 3.63) is 78.4 Å². The van der Waals surface area contributed by atoms with Gasteiger partial charge in [0, 0.05) is 28.9 Å². The number of fused-ring (bicyclic) bond motifs is 1. The molecule has 0 atom stereocenters. The first-order valence-corrected chi connectivity index (χ1v) is 8.21. The molecule has 2 heterocycles. The van der Waals surface area contributed by atoms with Crippen molar-refractivity contribution < 1.29 is 9.18 Å². The van der Waals surface area contributed by atoms with Gasteiger partial charge in [0.2, 0.25) is 5.91 Å². The Kier molecular flexibility index (Phi) is 3.97. The Balaban J connectivity index is 1.76. The SMILES string of the molecule is NC(=O)Cc1ccc(-c2c[nH]c3ncc(-c4cccc(F)c4)cc23)cc1. The van der Waals surface area contributed by atoms with Crippen LogP contribution in [0.3, 0.4) is 0 Å². The number of amides is 1. The number of nitrogens with zero attached hydrogens (tertiary/aromatic N) is 1. The highest BCUT2D eigenvalue weighted by Gasteiger charge is 2.10. The van der Waals surface area contributed by atoms with Crippen LogP contribution >= 0.6 is 0 Å². The van der Waals surface area contributed by atoms with Crippen molar-refractivity contribution in [2.75, 3.05) is 0 Å². The molecule has 2 aromatic carbocycles. The summed E-state index contributed by atoms with van der Waals surface area (Å²) < 4.78 is 13.5. The van der Waals surface area contributed by atoms with E-state index in [0.29, 0.717) is 0 Å². The number of H-pyrrole nitrogens is 1. The van der Waals surface area contributed by atoms with E-state index in [1.807, 2.05) is 42.6 Å². The van der Waals surface area contributed by atoms with Crippen molar-refractivity contribution in [3.8, 4) is 22.3 Å². The Morgan fingerprint density at radius 1 is 1.04 bits per heavy atom. The molecule has 0 saturated carbocycles. The summed E-state index contributed by atoms with van der Waals surface area (Å²) >= 11 is 0. The fourth-order valence-corrected chi connectivity index (χ4v) is 3.07. The molecule has 128 valence electrons. The first kappa shape index (κ1) is 16.0. The number of benzene rings is 2. The van der Waals surface area contributed by atoms with Crippen molar-refractivity contribution in [1.29, 1.82) is 0 Å². The fourth-order valence-electron chi connectivity index (χ4n) is 3.07. The van der Waals surface area contributed by atoms with Gasteiger partial charge < -0.3 is 10.7 Å². The van der Waals surface area contributed by atoms with Crippen molar-refractivity contribution in [2.24, 2.45) is 5.73 Å². The Labute approximate surface area is 149 Å². The molecule has 4 aromatic rings. The minimum absolute atomic E-state index is 0.222. The van der Waals surface area contributed by atoms with Crippen LogP contribution in [0, 0.1) is 5.82 Å². The van der Waals surface area contributed by atoms with Crippen LogP contribution in [-0.2, 0) is 11.2 Å². The number of aromatic nitrogens is 2. The molecule has 0 spiro atoms. The van der Waals surface area contributed by atoms with Gasteiger partial charge in [-0.3, -0.25) is 4.79 Å². The van der Waals surface area contributed by atoms with Gasteiger partial charge >= 0.3 is 0 Å². The van der Waals surface area contributed by atoms with Gasteiger partial charge in [0.25, 0.3) is 0 Å². The lowest BCUT2D eigenvalue weighted by atomic mass is 10.0. The summed E-state index contributed by atoms with van der Waals surface area (Å²) in [6.07, 6.45) is 3.85. The second kappa shape index (κ2) is 6.44. The highest BCUT2D eigenvalue weighted by molar-refractivity contribution is 5.95. The molecule has 0 radical (unpaired) electrons. The number of rotatable bonds is 4. The van der Waals surface area contributed by atoms with Crippen LogP contribution in [0.25, 0.3) is 33.3 Å². The van der Waals surface area contributed by atoms with Crippen molar-refractivity contribution >= 4 is 16.9 Å². The number of hydrogen-bond donors (Lipinski definition) is 2. The lowest BCUT2D eigenvalue weighted by molar-refractivity contribution is -0.117. The van der Waals surface area contributed by atoms with Crippen LogP contribution < -0.4 is 5.73 Å². The van der Waals surface area contributed by atoms with Gasteiger partial charge in [-0.05, 0) is 34.9 Å². The zero-order valence-electron chi connectivity index (χ0n) is 13.9. The normalized spacial score (nSPS) is 11.0. The van der Waals surface area contributed by atoms with Crippen molar-refractivity contribution in [3.63, 3.8) is 0 Å². The van der Waals surface area contributed by atoms with Crippen LogP contribution in [0.1, 0.15) is 5.56 Å². The molecule has 2 aromatic heterocycles. The molecule has 26 heavy (non-hydrogen) atoms. The maximum atomic E-state index is 13.5. The molecule has 0 fully saturated rings. The molecule has 0 aliphatic rings. The number of carbonyl (C=O) groups is 1. The Hall–Kier alpha value is -3.47. The molecule has 3 N–H and O–H groups in total. The van der Waals surface area contributed by atoms with Gasteiger partial charge in [0.1, 0.15) is 11.5 Å². The number of primary amides is 1. The summed E-state index contributed by atoms with van der Waals surface area (Å²) in [5, 5.41) is 0.953. The maximum absolute atomic E-state index is 13.5. The average molecular weight is 345 g/mol. The third-order valence-corrected chi connectivity index (χ3v) is 4.33. The fraction of sp³-hybridized carbons (Fsp3) is 0.0476. The minimum Gasteiger partial charge on any atom is -0.369 e. The minimum atomic E-state index is -0.353. The lowest BCUT2D eigenvalue weighted by Gasteiger charge is -2.05. The van der Waals surface area contributed by atoms with Crippen molar-refractivity contribution in [2.45, 2.75) is 6.42 Å². The van der Waals surface area contributed by atoms with E-state index in [0.717, 1.165) is 38.9 Å². The summed E-state index contributed by atoms with van der Waals surface area (Å²) in [6.45, 7) is 0. The number of hydrogen-bond acceptors (Lipinski definition) is 2. The summed E-state index contributed by atoms with van der Waals surface area (Å²) in [7, 11) is 0. The van der Waals surface area contributed by atoms with Crippen molar-refractivity contribution in [1.82, 2.24) is 9.97 Å². The molecule has 4 nitrogen and oxygen atoms in total. The van der Waals surface area contributed by atoms with E-state index < -0.39 is 0 Å².